The summed E-state index contributed by atoms with van der Waals surface area (Å²) in [6.07, 6.45) is 1.93. The summed E-state index contributed by atoms with van der Waals surface area (Å²) in [6, 6.07) is 4.70. The molecule has 1 aromatic carbocycles. The minimum atomic E-state index is -3.45. The van der Waals surface area contributed by atoms with Crippen molar-refractivity contribution in [3.8, 4) is 0 Å². The number of nitrogens with two attached hydrogens (primary N) is 1. The van der Waals surface area contributed by atoms with Crippen molar-refractivity contribution in [2.75, 3.05) is 0 Å². The van der Waals surface area contributed by atoms with Crippen LogP contribution in [0.1, 0.15) is 25.3 Å². The Kier molecular flexibility index (Phi) is 3.96. The standard InChI is InChI=1S/C12H17ClN2O2S/c1-2-8-6-12(8)15-18(16,17)10-3-4-11(13)9(5-10)7-14/h3-5,8,12,15H,2,6-7,14H2,1H3. The van der Waals surface area contributed by atoms with E-state index in [4.69, 9.17) is 17.3 Å². The molecule has 100 valence electrons. The predicted octanol–water partition coefficient (Wildman–Crippen LogP) is 1.88. The van der Waals surface area contributed by atoms with Gasteiger partial charge in [0.2, 0.25) is 10.0 Å². The first kappa shape index (κ1) is 13.8. The molecule has 0 heterocycles. The van der Waals surface area contributed by atoms with Crippen LogP contribution in [-0.2, 0) is 16.6 Å². The molecular formula is C12H17ClN2O2S. The van der Waals surface area contributed by atoms with Crippen molar-refractivity contribution in [2.24, 2.45) is 11.7 Å². The lowest BCUT2D eigenvalue weighted by Gasteiger charge is -2.08. The first-order valence-electron chi connectivity index (χ1n) is 5.98. The van der Waals surface area contributed by atoms with Gasteiger partial charge in [-0.05, 0) is 36.1 Å². The van der Waals surface area contributed by atoms with Crippen LogP contribution in [0.15, 0.2) is 23.1 Å². The topological polar surface area (TPSA) is 72.2 Å². The van der Waals surface area contributed by atoms with Gasteiger partial charge in [-0.25, -0.2) is 13.1 Å². The maximum Gasteiger partial charge on any atom is 0.240 e. The van der Waals surface area contributed by atoms with E-state index < -0.39 is 10.0 Å². The van der Waals surface area contributed by atoms with Crippen molar-refractivity contribution in [2.45, 2.75) is 37.2 Å². The molecule has 0 radical (unpaired) electrons. The maximum absolute atomic E-state index is 12.1. The number of hydrogen-bond donors (Lipinski definition) is 2. The summed E-state index contributed by atoms with van der Waals surface area (Å²) in [7, 11) is -3.45. The lowest BCUT2D eigenvalue weighted by atomic mass is 10.2. The van der Waals surface area contributed by atoms with Gasteiger partial charge in [-0.1, -0.05) is 24.9 Å². The van der Waals surface area contributed by atoms with E-state index in [1.165, 1.54) is 12.1 Å². The Hall–Kier alpha value is -0.620. The Bertz CT molecular complexity index is 545. The Balaban J connectivity index is 2.19. The van der Waals surface area contributed by atoms with Crippen LogP contribution in [0.3, 0.4) is 0 Å². The molecule has 1 aliphatic carbocycles. The van der Waals surface area contributed by atoms with Gasteiger partial charge in [0.15, 0.2) is 0 Å². The Morgan fingerprint density at radius 3 is 2.78 bits per heavy atom. The smallest absolute Gasteiger partial charge is 0.240 e. The van der Waals surface area contributed by atoms with Gasteiger partial charge in [-0.2, -0.15) is 0 Å². The fourth-order valence-corrected chi connectivity index (χ4v) is 3.55. The van der Waals surface area contributed by atoms with Crippen molar-refractivity contribution >= 4 is 21.6 Å². The lowest BCUT2D eigenvalue weighted by molar-refractivity contribution is 0.576. The molecule has 1 saturated carbocycles. The van der Waals surface area contributed by atoms with Crippen LogP contribution >= 0.6 is 11.6 Å². The fraction of sp³-hybridized carbons (Fsp3) is 0.500. The molecule has 0 amide bonds. The van der Waals surface area contributed by atoms with E-state index in [1.807, 2.05) is 0 Å². The van der Waals surface area contributed by atoms with Crippen LogP contribution in [0.25, 0.3) is 0 Å². The molecule has 18 heavy (non-hydrogen) atoms. The van der Waals surface area contributed by atoms with E-state index in [0.717, 1.165) is 12.8 Å². The van der Waals surface area contributed by atoms with Gasteiger partial charge in [0.05, 0.1) is 4.90 Å². The predicted molar refractivity (Wildman–Crippen MR) is 71.9 cm³/mol. The number of hydrogen-bond acceptors (Lipinski definition) is 3. The summed E-state index contributed by atoms with van der Waals surface area (Å²) in [5.41, 5.74) is 6.16. The molecule has 0 aliphatic heterocycles. The van der Waals surface area contributed by atoms with Gasteiger partial charge < -0.3 is 5.73 Å². The van der Waals surface area contributed by atoms with E-state index in [2.05, 4.69) is 11.6 Å². The maximum atomic E-state index is 12.1. The minimum absolute atomic E-state index is 0.0806. The molecule has 1 fully saturated rings. The molecule has 2 rings (SSSR count). The normalized spacial score (nSPS) is 23.1. The summed E-state index contributed by atoms with van der Waals surface area (Å²) in [6.45, 7) is 2.29. The molecule has 1 aliphatic rings. The van der Waals surface area contributed by atoms with Crippen LogP contribution in [-0.4, -0.2) is 14.5 Å². The van der Waals surface area contributed by atoms with E-state index in [-0.39, 0.29) is 17.5 Å². The first-order chi connectivity index (χ1) is 8.47. The van der Waals surface area contributed by atoms with Crippen LogP contribution in [0.4, 0.5) is 0 Å². The Morgan fingerprint density at radius 1 is 1.50 bits per heavy atom. The third-order valence-electron chi connectivity index (χ3n) is 3.30. The monoisotopic (exact) mass is 288 g/mol. The summed E-state index contributed by atoms with van der Waals surface area (Å²) in [4.78, 5) is 0.231. The number of halogens is 1. The zero-order valence-corrected chi connectivity index (χ0v) is 11.8. The van der Waals surface area contributed by atoms with E-state index in [0.29, 0.717) is 16.5 Å². The highest BCUT2D eigenvalue weighted by molar-refractivity contribution is 7.89. The average Bonchev–Trinajstić information content (AvgIpc) is 3.07. The van der Waals surface area contributed by atoms with Gasteiger partial charge >= 0.3 is 0 Å². The number of rotatable bonds is 5. The number of sulfonamides is 1. The Morgan fingerprint density at radius 2 is 2.22 bits per heavy atom. The molecule has 1 aromatic rings. The SMILES string of the molecule is CCC1CC1NS(=O)(=O)c1ccc(Cl)c(CN)c1. The molecule has 0 spiro atoms. The third kappa shape index (κ3) is 2.85. The van der Waals surface area contributed by atoms with Gasteiger partial charge in [-0.3, -0.25) is 0 Å². The molecule has 0 saturated heterocycles. The average molecular weight is 289 g/mol. The van der Waals surface area contributed by atoms with E-state index in [1.54, 1.807) is 6.07 Å². The highest BCUT2D eigenvalue weighted by atomic mass is 35.5. The number of nitrogens with one attached hydrogen (secondary N) is 1. The molecule has 6 heteroatoms. The second-order valence-electron chi connectivity index (χ2n) is 4.59. The van der Waals surface area contributed by atoms with Gasteiger partial charge in [-0.15, -0.1) is 0 Å². The summed E-state index contributed by atoms with van der Waals surface area (Å²) in [5.74, 6) is 0.473. The third-order valence-corrected chi connectivity index (χ3v) is 5.16. The van der Waals surface area contributed by atoms with Crippen molar-refractivity contribution in [1.82, 2.24) is 4.72 Å². The quantitative estimate of drug-likeness (QED) is 0.869. The molecule has 2 unspecified atom stereocenters. The van der Waals surface area contributed by atoms with Crippen molar-refractivity contribution in [3.05, 3.63) is 28.8 Å². The fourth-order valence-electron chi connectivity index (χ4n) is 1.99. The molecule has 4 nitrogen and oxygen atoms in total. The molecule has 2 atom stereocenters. The van der Waals surface area contributed by atoms with Crippen LogP contribution in [0.5, 0.6) is 0 Å². The molecule has 0 bridgehead atoms. The van der Waals surface area contributed by atoms with Gasteiger partial charge in [0.1, 0.15) is 0 Å². The van der Waals surface area contributed by atoms with Gasteiger partial charge in [0, 0.05) is 17.6 Å². The molecule has 0 aromatic heterocycles. The van der Waals surface area contributed by atoms with Gasteiger partial charge in [0.25, 0.3) is 0 Å². The van der Waals surface area contributed by atoms with Crippen molar-refractivity contribution in [1.29, 1.82) is 0 Å². The van der Waals surface area contributed by atoms with E-state index >= 15 is 0 Å². The number of benzene rings is 1. The summed E-state index contributed by atoms with van der Waals surface area (Å²) < 4.78 is 27.0. The van der Waals surface area contributed by atoms with Crippen LogP contribution in [0, 0.1) is 5.92 Å². The second kappa shape index (κ2) is 5.17. The molecule has 3 N–H and O–H groups in total. The lowest BCUT2D eigenvalue weighted by Crippen LogP contribution is -2.27. The molecular weight excluding hydrogens is 272 g/mol. The first-order valence-corrected chi connectivity index (χ1v) is 7.85. The Labute approximate surface area is 113 Å². The van der Waals surface area contributed by atoms with Crippen LogP contribution in [0.2, 0.25) is 5.02 Å². The largest absolute Gasteiger partial charge is 0.326 e. The van der Waals surface area contributed by atoms with Crippen LogP contribution < -0.4 is 10.5 Å². The minimum Gasteiger partial charge on any atom is -0.326 e. The second-order valence-corrected chi connectivity index (χ2v) is 6.71. The zero-order chi connectivity index (χ0) is 13.3. The van der Waals surface area contributed by atoms with E-state index in [9.17, 15) is 8.42 Å². The summed E-state index contributed by atoms with van der Waals surface area (Å²) >= 11 is 5.91. The van der Waals surface area contributed by atoms with Crippen molar-refractivity contribution in [3.63, 3.8) is 0 Å². The highest BCUT2D eigenvalue weighted by Crippen LogP contribution is 2.34. The van der Waals surface area contributed by atoms with Crippen molar-refractivity contribution < 1.29 is 8.42 Å². The zero-order valence-electron chi connectivity index (χ0n) is 10.2. The summed E-state index contributed by atoms with van der Waals surface area (Å²) in [5, 5.41) is 0.495. The highest BCUT2D eigenvalue weighted by Gasteiger charge is 2.38.